The normalized spacial score (nSPS) is 16.9. The van der Waals surface area contributed by atoms with Crippen molar-refractivity contribution in [3.8, 4) is 11.5 Å². The lowest BCUT2D eigenvalue weighted by molar-refractivity contribution is 0.0771. The van der Waals surface area contributed by atoms with Gasteiger partial charge in [-0.1, -0.05) is 19.1 Å². The molecule has 1 aliphatic heterocycles. The minimum atomic E-state index is -3.98. The second-order valence-electron chi connectivity index (χ2n) is 5.53. The second-order valence-corrected chi connectivity index (χ2v) is 7.47. The Bertz CT molecular complexity index is 873. The molecule has 0 aromatic heterocycles. The summed E-state index contributed by atoms with van der Waals surface area (Å²) in [5, 5.41) is 0. The number of sulfonamides is 1. The lowest BCUT2D eigenvalue weighted by Gasteiger charge is -2.30. The minimum Gasteiger partial charge on any atom is -0.486 e. The molecule has 2 aromatic rings. The van der Waals surface area contributed by atoms with Crippen LogP contribution in [0.15, 0.2) is 47.4 Å². The number of benzene rings is 2. The first-order chi connectivity index (χ1) is 11.9. The third-order valence-corrected chi connectivity index (χ3v) is 5.79. The zero-order valence-electron chi connectivity index (χ0n) is 13.5. The van der Waals surface area contributed by atoms with E-state index in [4.69, 9.17) is 9.47 Å². The minimum absolute atomic E-state index is 0.0339. The molecule has 2 aromatic carbocycles. The molecule has 0 N–H and O–H groups in total. The fraction of sp³-hybridized carbons (Fsp3) is 0.294. The Morgan fingerprint density at radius 2 is 1.84 bits per heavy atom. The van der Waals surface area contributed by atoms with Gasteiger partial charge in [-0.15, -0.1) is 0 Å². The number of rotatable bonds is 5. The molecule has 0 bridgehead atoms. The van der Waals surface area contributed by atoms with Crippen molar-refractivity contribution in [2.45, 2.75) is 17.9 Å². The monoisotopic (exact) mass is 369 g/mol. The zero-order chi connectivity index (χ0) is 18.0. The summed E-state index contributed by atoms with van der Waals surface area (Å²) in [6, 6.07) is 9.63. The average molecular weight is 369 g/mol. The van der Waals surface area contributed by atoms with Crippen molar-refractivity contribution < 1.29 is 26.7 Å². The van der Waals surface area contributed by atoms with Crippen molar-refractivity contribution in [2.24, 2.45) is 0 Å². The molecule has 1 heterocycles. The van der Waals surface area contributed by atoms with E-state index in [2.05, 4.69) is 0 Å². The maximum atomic E-state index is 13.4. The van der Waals surface area contributed by atoms with Gasteiger partial charge < -0.3 is 9.47 Å². The van der Waals surface area contributed by atoms with Crippen LogP contribution in [0, 0.1) is 11.6 Å². The zero-order valence-corrected chi connectivity index (χ0v) is 14.3. The molecular weight excluding hydrogens is 352 g/mol. The van der Waals surface area contributed by atoms with Gasteiger partial charge in [-0.2, -0.15) is 4.31 Å². The molecule has 0 saturated heterocycles. The number of hydrogen-bond acceptors (Lipinski definition) is 4. The van der Waals surface area contributed by atoms with E-state index in [1.54, 1.807) is 25.1 Å². The van der Waals surface area contributed by atoms with Crippen LogP contribution in [-0.2, 0) is 10.0 Å². The largest absolute Gasteiger partial charge is 0.486 e. The number of halogens is 2. The molecule has 0 unspecified atom stereocenters. The van der Waals surface area contributed by atoms with E-state index < -0.39 is 27.8 Å². The molecule has 0 amide bonds. The molecule has 0 spiro atoms. The van der Waals surface area contributed by atoms with Crippen LogP contribution in [0.25, 0.3) is 0 Å². The number of likely N-dealkylation sites (N-methyl/N-ethyl adjacent to an activating group) is 1. The highest BCUT2D eigenvalue weighted by Crippen LogP contribution is 2.31. The Kier molecular flexibility index (Phi) is 4.91. The fourth-order valence-corrected chi connectivity index (χ4v) is 4.06. The summed E-state index contributed by atoms with van der Waals surface area (Å²) in [5.74, 6) is -1.16. The van der Waals surface area contributed by atoms with Crippen LogP contribution in [-0.4, -0.2) is 38.5 Å². The van der Waals surface area contributed by atoms with Gasteiger partial charge in [0, 0.05) is 6.54 Å². The van der Waals surface area contributed by atoms with E-state index in [-0.39, 0.29) is 24.6 Å². The molecule has 0 fully saturated rings. The lowest BCUT2D eigenvalue weighted by atomic mass is 10.2. The van der Waals surface area contributed by atoms with Gasteiger partial charge in [-0.25, -0.2) is 17.2 Å². The SMILES string of the molecule is CCN(C[C@@H]1COc2ccccc2O1)S(=O)(=O)c1ccc(F)c(F)c1. The predicted octanol–water partition coefficient (Wildman–Crippen LogP) is 2.82. The maximum absolute atomic E-state index is 13.4. The summed E-state index contributed by atoms with van der Waals surface area (Å²) < 4.78 is 64.3. The molecule has 8 heteroatoms. The van der Waals surface area contributed by atoms with Crippen LogP contribution >= 0.6 is 0 Å². The molecule has 3 rings (SSSR count). The standard InChI is InChI=1S/C17H17F2NO4S/c1-2-20(25(21,22)13-7-8-14(18)15(19)9-13)10-12-11-23-16-5-3-4-6-17(16)24-12/h3-9,12H,2,10-11H2,1H3/t12-/m1/s1. The van der Waals surface area contributed by atoms with Gasteiger partial charge in [0.25, 0.3) is 0 Å². The smallest absolute Gasteiger partial charge is 0.243 e. The highest BCUT2D eigenvalue weighted by molar-refractivity contribution is 7.89. The molecule has 134 valence electrons. The van der Waals surface area contributed by atoms with Crippen LogP contribution in [0.4, 0.5) is 8.78 Å². The number of nitrogens with zero attached hydrogens (tertiary/aromatic N) is 1. The molecule has 5 nitrogen and oxygen atoms in total. The predicted molar refractivity (Wildman–Crippen MR) is 87.1 cm³/mol. The third kappa shape index (κ3) is 3.59. The van der Waals surface area contributed by atoms with Crippen molar-refractivity contribution in [2.75, 3.05) is 19.7 Å². The van der Waals surface area contributed by atoms with Gasteiger partial charge in [0.05, 0.1) is 11.4 Å². The Morgan fingerprint density at radius 1 is 1.12 bits per heavy atom. The first-order valence-electron chi connectivity index (χ1n) is 7.75. The van der Waals surface area contributed by atoms with Crippen molar-refractivity contribution in [3.05, 3.63) is 54.1 Å². The van der Waals surface area contributed by atoms with E-state index in [0.717, 1.165) is 16.4 Å². The van der Waals surface area contributed by atoms with Crippen LogP contribution in [0.5, 0.6) is 11.5 Å². The summed E-state index contributed by atoms with van der Waals surface area (Å²) >= 11 is 0. The Labute approximate surface area is 144 Å². The second kappa shape index (κ2) is 6.97. The van der Waals surface area contributed by atoms with E-state index in [0.29, 0.717) is 17.6 Å². The summed E-state index contributed by atoms with van der Waals surface area (Å²) in [5.41, 5.74) is 0. The number of fused-ring (bicyclic) bond motifs is 1. The summed E-state index contributed by atoms with van der Waals surface area (Å²) in [6.07, 6.45) is -0.505. The van der Waals surface area contributed by atoms with E-state index in [1.807, 2.05) is 6.07 Å². The topological polar surface area (TPSA) is 55.8 Å². The molecule has 1 aliphatic rings. The van der Waals surface area contributed by atoms with Crippen molar-refractivity contribution in [1.29, 1.82) is 0 Å². The molecule has 0 saturated carbocycles. The molecule has 25 heavy (non-hydrogen) atoms. The number of ether oxygens (including phenoxy) is 2. The highest BCUT2D eigenvalue weighted by Gasteiger charge is 2.30. The van der Waals surface area contributed by atoms with Gasteiger partial charge in [-0.05, 0) is 30.3 Å². The van der Waals surface area contributed by atoms with Gasteiger partial charge in [0.15, 0.2) is 23.1 Å². The van der Waals surface area contributed by atoms with Crippen LogP contribution < -0.4 is 9.47 Å². The molecule has 0 aliphatic carbocycles. The summed E-state index contributed by atoms with van der Waals surface area (Å²) in [6.45, 7) is 2.05. The lowest BCUT2D eigenvalue weighted by Crippen LogP contribution is -2.43. The number of para-hydroxylation sites is 2. The van der Waals surface area contributed by atoms with Crippen molar-refractivity contribution >= 4 is 10.0 Å². The van der Waals surface area contributed by atoms with Crippen molar-refractivity contribution in [1.82, 2.24) is 4.31 Å². The van der Waals surface area contributed by atoms with Gasteiger partial charge >= 0.3 is 0 Å². The first-order valence-corrected chi connectivity index (χ1v) is 9.19. The van der Waals surface area contributed by atoms with Gasteiger partial charge in [0.2, 0.25) is 10.0 Å². The van der Waals surface area contributed by atoms with Crippen LogP contribution in [0.1, 0.15) is 6.92 Å². The average Bonchev–Trinajstić information content (AvgIpc) is 2.61. The Balaban J connectivity index is 1.79. The van der Waals surface area contributed by atoms with E-state index in [1.165, 1.54) is 0 Å². The van der Waals surface area contributed by atoms with E-state index >= 15 is 0 Å². The maximum Gasteiger partial charge on any atom is 0.243 e. The third-order valence-electron chi connectivity index (χ3n) is 3.86. The van der Waals surface area contributed by atoms with Gasteiger partial charge in [-0.3, -0.25) is 0 Å². The molecule has 0 radical (unpaired) electrons. The van der Waals surface area contributed by atoms with Gasteiger partial charge in [0.1, 0.15) is 12.7 Å². The first kappa shape index (κ1) is 17.6. The fourth-order valence-electron chi connectivity index (χ4n) is 2.56. The summed E-state index contributed by atoms with van der Waals surface area (Å²) in [4.78, 5) is -0.301. The molecule has 1 atom stereocenters. The Hall–Kier alpha value is -2.19. The quantitative estimate of drug-likeness (QED) is 0.813. The highest BCUT2D eigenvalue weighted by atomic mass is 32.2. The van der Waals surface area contributed by atoms with Crippen LogP contribution in [0.3, 0.4) is 0 Å². The number of hydrogen-bond donors (Lipinski definition) is 0. The summed E-state index contributed by atoms with van der Waals surface area (Å²) in [7, 11) is -3.98. The van der Waals surface area contributed by atoms with Crippen LogP contribution in [0.2, 0.25) is 0 Å². The van der Waals surface area contributed by atoms with Crippen molar-refractivity contribution in [3.63, 3.8) is 0 Å². The molecular formula is C17H17F2NO4S. The Morgan fingerprint density at radius 3 is 2.52 bits per heavy atom. The van der Waals surface area contributed by atoms with E-state index in [9.17, 15) is 17.2 Å².